The molecule has 0 radical (unpaired) electrons. The van der Waals surface area contributed by atoms with Crippen molar-refractivity contribution >= 4 is 38.7 Å². The number of carbonyl (C=O) groups excluding carboxylic acids is 1. The average molecular weight is 771 g/mol. The Morgan fingerprint density at radius 1 is 0.922 bits per heavy atom. The number of aliphatic hydroxyl groups excluding tert-OH is 2. The third-order valence-corrected chi connectivity index (χ3v) is 12.9. The minimum Gasteiger partial charge on any atom is -0.480 e. The molecule has 0 amide bonds. The highest BCUT2D eigenvalue weighted by Gasteiger charge is 2.72. The van der Waals surface area contributed by atoms with Crippen molar-refractivity contribution in [1.82, 2.24) is 0 Å². The van der Waals surface area contributed by atoms with Crippen molar-refractivity contribution in [1.29, 1.82) is 0 Å². The number of aliphatic carboxylic acids is 2. The molecule has 51 heavy (non-hydrogen) atoms. The number of hydrogen-bond acceptors (Lipinski definition) is 14. The number of esters is 1. The van der Waals surface area contributed by atoms with E-state index in [4.69, 9.17) is 18.4 Å². The van der Waals surface area contributed by atoms with Crippen LogP contribution in [-0.4, -0.2) is 114 Å². The molecule has 9 unspecified atom stereocenters. The Morgan fingerprint density at radius 2 is 1.53 bits per heavy atom. The van der Waals surface area contributed by atoms with Crippen LogP contribution in [0.1, 0.15) is 72.1 Å². The van der Waals surface area contributed by atoms with Gasteiger partial charge in [-0.25, -0.2) is 8.37 Å². The summed E-state index contributed by atoms with van der Waals surface area (Å²) >= 11 is 0. The molecule has 12 atom stereocenters. The lowest BCUT2D eigenvalue weighted by molar-refractivity contribution is -0.318. The van der Waals surface area contributed by atoms with E-state index in [0.29, 0.717) is 31.3 Å². The quantitative estimate of drug-likeness (QED) is 0.0533. The van der Waals surface area contributed by atoms with Gasteiger partial charge in [0.15, 0.2) is 23.9 Å². The predicted molar refractivity (Wildman–Crippen MR) is 169 cm³/mol. The van der Waals surface area contributed by atoms with Crippen molar-refractivity contribution in [2.24, 2.45) is 39.9 Å². The maximum absolute atomic E-state index is 13.1. The van der Waals surface area contributed by atoms with Gasteiger partial charge in [-0.1, -0.05) is 27.4 Å². The van der Waals surface area contributed by atoms with Crippen LogP contribution in [-0.2, 0) is 57.8 Å². The zero-order valence-corrected chi connectivity index (χ0v) is 30.0. The molecule has 20 heteroatoms. The van der Waals surface area contributed by atoms with E-state index in [9.17, 15) is 60.8 Å². The van der Waals surface area contributed by atoms with E-state index in [1.165, 1.54) is 0 Å². The van der Waals surface area contributed by atoms with Gasteiger partial charge in [-0.2, -0.15) is 16.8 Å². The van der Waals surface area contributed by atoms with Crippen LogP contribution in [0, 0.1) is 39.9 Å². The van der Waals surface area contributed by atoms with Crippen LogP contribution in [0.3, 0.4) is 0 Å². The molecule has 4 aliphatic carbocycles. The third-order valence-electron chi connectivity index (χ3n) is 12.0. The number of carboxylic acids is 2. The predicted octanol–water partition coefficient (Wildman–Crippen LogP) is 1.12. The summed E-state index contributed by atoms with van der Waals surface area (Å²) in [5.74, 6) is -5.84. The molecule has 4 saturated carbocycles. The van der Waals surface area contributed by atoms with Crippen LogP contribution in [0.4, 0.5) is 0 Å². The zero-order valence-electron chi connectivity index (χ0n) is 28.3. The minimum atomic E-state index is -5.51. The Balaban J connectivity index is 1.59. The van der Waals surface area contributed by atoms with Gasteiger partial charge in [-0.05, 0) is 73.2 Å². The van der Waals surface area contributed by atoms with Gasteiger partial charge >= 0.3 is 38.7 Å². The highest BCUT2D eigenvalue weighted by Crippen LogP contribution is 2.72. The Labute approximate surface area is 295 Å². The first kappa shape index (κ1) is 39.9. The standard InChI is InChI=1S/C31H46O18S2/c1-14(2)9-21(33)47-24-23(49-51(42,43)44)22(48-50(39,40)41)18(13-32)46-26(24)45-17-11-29(4)19-6-5-16-10-30(19,25(34)15(16)3)8-7-20(29)31(12-17,27(35)36)28(37)38/h14,16-20,22-26,32,34H,3,5-13H2,1-2,4H3,(H,35,36)(H,37,38)(H,39,40,41)(H,42,43,44)/t16?,17?,18?,19-,20?,22?,23?,24?,25-,26?,29-,30?/m0/s1. The molecular weight excluding hydrogens is 724 g/mol. The van der Waals surface area contributed by atoms with Crippen LogP contribution >= 0.6 is 0 Å². The highest BCUT2D eigenvalue weighted by molar-refractivity contribution is 7.81. The second kappa shape index (κ2) is 13.9. The normalized spacial score (nSPS) is 40.7. The molecule has 0 aromatic heterocycles. The van der Waals surface area contributed by atoms with Crippen LogP contribution in [0.2, 0.25) is 0 Å². The molecule has 18 nitrogen and oxygen atoms in total. The molecule has 290 valence electrons. The Bertz CT molecular complexity index is 1610. The number of ether oxygens (including phenoxy) is 3. The van der Waals surface area contributed by atoms with E-state index >= 15 is 0 Å². The first-order valence-electron chi connectivity index (χ1n) is 16.7. The number of aliphatic hydroxyl groups is 2. The van der Waals surface area contributed by atoms with Crippen LogP contribution < -0.4 is 0 Å². The molecule has 1 aliphatic heterocycles. The summed E-state index contributed by atoms with van der Waals surface area (Å²) < 4.78 is 93.4. The SMILES string of the molecule is C=C1C2CC[C@@H]3C(CCC4C(C(=O)O)(C(=O)O)CC(OC5OC(CO)C(OS(=O)(=O)O)C(OS(=O)(=O)O)C5OC(=O)CC(C)C)C[C@]43C)(C2)[C@H]1O. The zero-order chi connectivity index (χ0) is 38.1. The summed E-state index contributed by atoms with van der Waals surface area (Å²) in [6.45, 7) is 8.03. The van der Waals surface area contributed by atoms with E-state index in [0.717, 1.165) is 0 Å². The minimum absolute atomic E-state index is 0.00133. The average Bonchev–Trinajstić information content (AvgIpc) is 3.16. The summed E-state index contributed by atoms with van der Waals surface area (Å²) in [6.07, 6.45) is -11.5. The molecule has 1 heterocycles. The lowest BCUT2D eigenvalue weighted by atomic mass is 9.40. The van der Waals surface area contributed by atoms with E-state index in [1.54, 1.807) is 20.8 Å². The first-order chi connectivity index (χ1) is 23.5. The fraction of sp³-hybridized carbons (Fsp3) is 0.839. The smallest absolute Gasteiger partial charge is 0.397 e. The maximum atomic E-state index is 13.1. The summed E-state index contributed by atoms with van der Waals surface area (Å²) in [5.41, 5.74) is -3.52. The van der Waals surface area contributed by atoms with Gasteiger partial charge in [-0.15, -0.1) is 0 Å². The fourth-order valence-corrected chi connectivity index (χ4v) is 11.3. The summed E-state index contributed by atoms with van der Waals surface area (Å²) in [7, 11) is -11.0. The van der Waals surface area contributed by atoms with Crippen molar-refractivity contribution in [2.45, 2.75) is 115 Å². The summed E-state index contributed by atoms with van der Waals surface area (Å²) in [5, 5.41) is 42.9. The first-order valence-corrected chi connectivity index (χ1v) is 19.5. The molecule has 5 aliphatic rings. The lowest BCUT2D eigenvalue weighted by Gasteiger charge is -2.64. The molecule has 5 fully saturated rings. The van der Waals surface area contributed by atoms with Crippen molar-refractivity contribution in [3.8, 4) is 0 Å². The second-order valence-electron chi connectivity index (χ2n) is 15.3. The van der Waals surface area contributed by atoms with Crippen LogP contribution in [0.5, 0.6) is 0 Å². The van der Waals surface area contributed by atoms with Gasteiger partial charge in [0.2, 0.25) is 0 Å². The van der Waals surface area contributed by atoms with Gasteiger partial charge in [0.05, 0.1) is 18.8 Å². The second-order valence-corrected chi connectivity index (χ2v) is 17.4. The van der Waals surface area contributed by atoms with E-state index in [2.05, 4.69) is 10.8 Å². The Kier molecular flexibility index (Phi) is 10.8. The van der Waals surface area contributed by atoms with Gasteiger partial charge in [0, 0.05) is 18.3 Å². The topological polar surface area (TPSA) is 287 Å². The maximum Gasteiger partial charge on any atom is 0.397 e. The molecule has 1 spiro atoms. The number of carbonyl (C=O) groups is 3. The van der Waals surface area contributed by atoms with Crippen LogP contribution in [0.25, 0.3) is 0 Å². The number of rotatable bonds is 12. The Hall–Kier alpha value is -2.27. The molecular formula is C31H46O18S2. The van der Waals surface area contributed by atoms with Crippen molar-refractivity contribution in [3.05, 3.63) is 12.2 Å². The molecule has 0 aromatic carbocycles. The summed E-state index contributed by atoms with van der Waals surface area (Å²) in [6, 6.07) is 0. The van der Waals surface area contributed by atoms with Crippen molar-refractivity contribution < 1.29 is 83.3 Å². The molecule has 2 bridgehead atoms. The fourth-order valence-electron chi connectivity index (χ4n) is 10.3. The van der Waals surface area contributed by atoms with Crippen LogP contribution in [0.15, 0.2) is 12.2 Å². The van der Waals surface area contributed by atoms with Gasteiger partial charge in [-0.3, -0.25) is 23.5 Å². The number of hydrogen-bond donors (Lipinski definition) is 6. The highest BCUT2D eigenvalue weighted by atomic mass is 32.3. The largest absolute Gasteiger partial charge is 0.480 e. The van der Waals surface area contributed by atoms with E-state index in [1.807, 2.05) is 0 Å². The number of fused-ring (bicyclic) bond motifs is 3. The van der Waals surface area contributed by atoms with Gasteiger partial charge < -0.3 is 34.6 Å². The lowest BCUT2D eigenvalue weighted by Crippen LogP contribution is -2.67. The third kappa shape index (κ3) is 7.20. The van der Waals surface area contributed by atoms with E-state index in [-0.39, 0.29) is 37.0 Å². The monoisotopic (exact) mass is 770 g/mol. The molecule has 6 N–H and O–H groups in total. The van der Waals surface area contributed by atoms with Crippen molar-refractivity contribution in [2.75, 3.05) is 6.61 Å². The Morgan fingerprint density at radius 3 is 2.08 bits per heavy atom. The molecule has 0 aromatic rings. The molecule has 1 saturated heterocycles. The summed E-state index contributed by atoms with van der Waals surface area (Å²) in [4.78, 5) is 39.3. The molecule has 5 rings (SSSR count). The van der Waals surface area contributed by atoms with Crippen molar-refractivity contribution in [3.63, 3.8) is 0 Å². The van der Waals surface area contributed by atoms with Gasteiger partial charge in [0.25, 0.3) is 0 Å². The van der Waals surface area contributed by atoms with E-state index < -0.39 is 117 Å². The number of carboxylic acid groups (broad SMARTS) is 2. The van der Waals surface area contributed by atoms with Gasteiger partial charge in [0.1, 0.15) is 12.2 Å².